The summed E-state index contributed by atoms with van der Waals surface area (Å²) >= 11 is 3.02. The lowest BCUT2D eigenvalue weighted by Gasteiger charge is -1.83. The molecule has 7 heteroatoms. The van der Waals surface area contributed by atoms with E-state index in [4.69, 9.17) is 0 Å². The Balaban J connectivity index is 3.14. The number of halogens is 1. The summed E-state index contributed by atoms with van der Waals surface area (Å²) in [5.41, 5.74) is -0.550. The van der Waals surface area contributed by atoms with Crippen LogP contribution in [0.15, 0.2) is 14.3 Å². The monoisotopic (exact) mass is 230 g/mol. The quantitative estimate of drug-likeness (QED) is 0.580. The lowest BCUT2D eigenvalue weighted by molar-refractivity contribution is 0.971. The Bertz CT molecular complexity index is 489. The number of H-pyrrole nitrogens is 3. The Morgan fingerprint density at radius 2 is 1.83 bits per heavy atom. The fourth-order valence-corrected chi connectivity index (χ4v) is 1.28. The highest BCUT2D eigenvalue weighted by Crippen LogP contribution is 2.05. The molecular formula is C5H3BrN4O2. The number of hydrogen-bond donors (Lipinski definition) is 3. The average molecular weight is 231 g/mol. The molecule has 2 heterocycles. The standard InChI is InChI=1S/C5H3BrN4O2/c6-5-7-1-2(8-5)4(12)10-9-3(1)11/h(H,7,8)(H,9,11)(H,10,12). The third-order valence-electron chi connectivity index (χ3n) is 1.41. The highest BCUT2D eigenvalue weighted by molar-refractivity contribution is 9.10. The van der Waals surface area contributed by atoms with Crippen molar-refractivity contribution in [2.75, 3.05) is 0 Å². The molecule has 0 amide bonds. The van der Waals surface area contributed by atoms with E-state index in [1.807, 2.05) is 0 Å². The van der Waals surface area contributed by atoms with Gasteiger partial charge in [0.25, 0.3) is 11.1 Å². The third kappa shape index (κ3) is 0.900. The van der Waals surface area contributed by atoms with E-state index in [1.165, 1.54) is 0 Å². The molecule has 12 heavy (non-hydrogen) atoms. The van der Waals surface area contributed by atoms with Gasteiger partial charge in [-0.25, -0.2) is 4.98 Å². The zero-order chi connectivity index (χ0) is 8.72. The maximum Gasteiger partial charge on any atom is 0.290 e. The van der Waals surface area contributed by atoms with Crippen molar-refractivity contribution in [1.29, 1.82) is 0 Å². The van der Waals surface area contributed by atoms with Gasteiger partial charge in [-0.05, 0) is 15.9 Å². The van der Waals surface area contributed by atoms with E-state index in [1.54, 1.807) is 0 Å². The molecular weight excluding hydrogens is 228 g/mol. The van der Waals surface area contributed by atoms with Crippen molar-refractivity contribution >= 4 is 27.0 Å². The summed E-state index contributed by atoms with van der Waals surface area (Å²) in [5, 5.41) is 4.33. The molecule has 0 saturated heterocycles. The minimum Gasteiger partial charge on any atom is -0.328 e. The maximum absolute atomic E-state index is 11.0. The Kier molecular flexibility index (Phi) is 1.40. The summed E-state index contributed by atoms with van der Waals surface area (Å²) < 4.78 is 0.361. The lowest BCUT2D eigenvalue weighted by Crippen LogP contribution is -2.18. The number of hydrogen-bond acceptors (Lipinski definition) is 3. The molecule has 2 aromatic rings. The van der Waals surface area contributed by atoms with Crippen molar-refractivity contribution in [2.24, 2.45) is 0 Å². The molecule has 0 bridgehead atoms. The summed E-state index contributed by atoms with van der Waals surface area (Å²) in [4.78, 5) is 28.4. The van der Waals surface area contributed by atoms with E-state index in [-0.39, 0.29) is 11.0 Å². The molecule has 0 spiro atoms. The van der Waals surface area contributed by atoms with Crippen molar-refractivity contribution in [3.05, 3.63) is 25.4 Å². The van der Waals surface area contributed by atoms with Gasteiger partial charge in [-0.2, -0.15) is 0 Å². The van der Waals surface area contributed by atoms with Crippen molar-refractivity contribution in [3.63, 3.8) is 0 Å². The number of rotatable bonds is 0. The average Bonchev–Trinajstić information content (AvgIpc) is 2.41. The fraction of sp³-hybridized carbons (Fsp3) is 0. The van der Waals surface area contributed by atoms with Gasteiger partial charge in [0, 0.05) is 0 Å². The van der Waals surface area contributed by atoms with Gasteiger partial charge in [-0.3, -0.25) is 19.8 Å². The number of fused-ring (bicyclic) bond motifs is 1. The molecule has 2 aromatic heterocycles. The summed E-state index contributed by atoms with van der Waals surface area (Å²) in [6, 6.07) is 0. The molecule has 0 saturated carbocycles. The highest BCUT2D eigenvalue weighted by atomic mass is 79.9. The van der Waals surface area contributed by atoms with Crippen LogP contribution in [-0.2, 0) is 0 Å². The van der Waals surface area contributed by atoms with Crippen molar-refractivity contribution in [2.45, 2.75) is 0 Å². The third-order valence-corrected chi connectivity index (χ3v) is 1.78. The van der Waals surface area contributed by atoms with Gasteiger partial charge < -0.3 is 4.98 Å². The van der Waals surface area contributed by atoms with Crippen LogP contribution in [0.4, 0.5) is 0 Å². The fourth-order valence-electron chi connectivity index (χ4n) is 0.908. The van der Waals surface area contributed by atoms with Gasteiger partial charge in [-0.1, -0.05) is 0 Å². The number of nitrogens with zero attached hydrogens (tertiary/aromatic N) is 1. The smallest absolute Gasteiger partial charge is 0.290 e. The van der Waals surface area contributed by atoms with Crippen LogP contribution >= 0.6 is 15.9 Å². The van der Waals surface area contributed by atoms with Gasteiger partial charge in [0.1, 0.15) is 5.52 Å². The largest absolute Gasteiger partial charge is 0.328 e. The van der Waals surface area contributed by atoms with Crippen molar-refractivity contribution in [1.82, 2.24) is 20.2 Å². The molecule has 3 N–H and O–H groups in total. The van der Waals surface area contributed by atoms with Crippen LogP contribution in [0.1, 0.15) is 0 Å². The maximum atomic E-state index is 11.0. The second-order valence-electron chi connectivity index (χ2n) is 2.16. The predicted octanol–water partition coefficient (Wildman–Crippen LogP) is -0.298. The minimum absolute atomic E-state index is 0.102. The Morgan fingerprint density at radius 3 is 2.50 bits per heavy atom. The zero-order valence-electron chi connectivity index (χ0n) is 5.64. The summed E-state index contributed by atoms with van der Waals surface area (Å²) in [7, 11) is 0. The van der Waals surface area contributed by atoms with Crippen LogP contribution in [0.25, 0.3) is 11.0 Å². The van der Waals surface area contributed by atoms with E-state index < -0.39 is 11.1 Å². The first-order chi connectivity index (χ1) is 5.68. The van der Waals surface area contributed by atoms with Crippen LogP contribution in [-0.4, -0.2) is 20.2 Å². The predicted molar refractivity (Wildman–Crippen MR) is 45.0 cm³/mol. The summed E-state index contributed by atoms with van der Waals surface area (Å²) in [6.07, 6.45) is 0. The highest BCUT2D eigenvalue weighted by Gasteiger charge is 2.06. The Morgan fingerprint density at radius 1 is 1.17 bits per heavy atom. The van der Waals surface area contributed by atoms with Crippen molar-refractivity contribution < 1.29 is 0 Å². The van der Waals surface area contributed by atoms with Crippen molar-refractivity contribution in [3.8, 4) is 0 Å². The zero-order valence-corrected chi connectivity index (χ0v) is 7.23. The first-order valence-electron chi connectivity index (χ1n) is 3.04. The molecule has 62 valence electrons. The molecule has 0 fully saturated rings. The molecule has 0 aliphatic rings. The van der Waals surface area contributed by atoms with Gasteiger partial charge in [0.2, 0.25) is 0 Å². The second-order valence-corrected chi connectivity index (χ2v) is 2.91. The second kappa shape index (κ2) is 2.31. The number of imidazole rings is 1. The van der Waals surface area contributed by atoms with Crippen LogP contribution in [0, 0.1) is 0 Å². The topological polar surface area (TPSA) is 94.4 Å². The van der Waals surface area contributed by atoms with E-state index in [0.29, 0.717) is 4.73 Å². The number of nitrogens with one attached hydrogen (secondary N) is 3. The van der Waals surface area contributed by atoms with E-state index in [2.05, 4.69) is 36.1 Å². The molecule has 0 atom stereocenters. The Hall–Kier alpha value is -1.37. The molecule has 0 aliphatic heterocycles. The normalized spacial score (nSPS) is 10.8. The van der Waals surface area contributed by atoms with E-state index in [0.717, 1.165) is 0 Å². The molecule has 6 nitrogen and oxygen atoms in total. The van der Waals surface area contributed by atoms with E-state index in [9.17, 15) is 9.59 Å². The van der Waals surface area contributed by atoms with Crippen LogP contribution < -0.4 is 11.1 Å². The Labute approximate surface area is 73.1 Å². The first-order valence-corrected chi connectivity index (χ1v) is 3.84. The molecule has 0 aliphatic carbocycles. The summed E-state index contributed by atoms with van der Waals surface area (Å²) in [5.74, 6) is 0. The van der Waals surface area contributed by atoms with Crippen LogP contribution in [0.2, 0.25) is 0 Å². The molecule has 0 aromatic carbocycles. The number of aromatic nitrogens is 4. The van der Waals surface area contributed by atoms with Gasteiger partial charge in [0.15, 0.2) is 10.3 Å². The SMILES string of the molecule is O=c1[nH][nH]c(=O)c2[nH]c(Br)nc12. The van der Waals surface area contributed by atoms with Gasteiger partial charge >= 0.3 is 0 Å². The molecule has 2 rings (SSSR count). The minimum atomic E-state index is -0.424. The summed E-state index contributed by atoms with van der Waals surface area (Å²) in [6.45, 7) is 0. The molecule has 0 unspecified atom stereocenters. The lowest BCUT2D eigenvalue weighted by atomic mass is 10.5. The van der Waals surface area contributed by atoms with E-state index >= 15 is 0 Å². The van der Waals surface area contributed by atoms with Gasteiger partial charge in [0.05, 0.1) is 0 Å². The van der Waals surface area contributed by atoms with Gasteiger partial charge in [-0.15, -0.1) is 0 Å². The molecule has 0 radical (unpaired) electrons. The first kappa shape index (κ1) is 7.29. The van der Waals surface area contributed by atoms with Crippen LogP contribution in [0.3, 0.4) is 0 Å². The van der Waals surface area contributed by atoms with Crippen LogP contribution in [0.5, 0.6) is 0 Å². The number of aromatic amines is 3.